The van der Waals surface area contributed by atoms with E-state index in [9.17, 15) is 9.59 Å². The highest BCUT2D eigenvalue weighted by molar-refractivity contribution is 6.02. The number of benzene rings is 1. The molecule has 2 aromatic heterocycles. The van der Waals surface area contributed by atoms with Crippen LogP contribution < -0.4 is 16.0 Å². The summed E-state index contributed by atoms with van der Waals surface area (Å²) in [4.78, 5) is 27.7. The maximum absolute atomic E-state index is 11.9. The minimum absolute atomic E-state index is 0.238. The van der Waals surface area contributed by atoms with Gasteiger partial charge in [-0.1, -0.05) is 0 Å². The molecule has 134 valence electrons. The molecule has 0 bridgehead atoms. The molecular formula is C18H19N5O3. The third-order valence-electron chi connectivity index (χ3n) is 3.58. The van der Waals surface area contributed by atoms with Crippen LogP contribution in [0.3, 0.4) is 0 Å². The average Bonchev–Trinajstić information content (AvgIpc) is 3.34. The van der Waals surface area contributed by atoms with E-state index in [1.54, 1.807) is 48.9 Å². The SMILES string of the molecule is O=C(NCCCn1ccnc1)Nc1ccc(NC(=O)c2ccco2)cc1. The van der Waals surface area contributed by atoms with E-state index in [-0.39, 0.29) is 17.7 Å². The Morgan fingerprint density at radius 1 is 1.08 bits per heavy atom. The van der Waals surface area contributed by atoms with Crippen molar-refractivity contribution < 1.29 is 14.0 Å². The van der Waals surface area contributed by atoms with Gasteiger partial charge in [-0.3, -0.25) is 4.79 Å². The minimum atomic E-state index is -0.327. The second-order valence-electron chi connectivity index (χ2n) is 5.54. The molecule has 0 atom stereocenters. The number of hydrogen-bond acceptors (Lipinski definition) is 4. The maximum Gasteiger partial charge on any atom is 0.319 e. The topological polar surface area (TPSA) is 101 Å². The number of furan rings is 1. The highest BCUT2D eigenvalue weighted by atomic mass is 16.3. The molecule has 0 aliphatic carbocycles. The Labute approximate surface area is 150 Å². The molecule has 8 nitrogen and oxygen atoms in total. The second kappa shape index (κ2) is 8.52. The zero-order valence-electron chi connectivity index (χ0n) is 14.0. The number of imidazole rings is 1. The Kier molecular flexibility index (Phi) is 5.66. The van der Waals surface area contributed by atoms with Gasteiger partial charge in [0.25, 0.3) is 5.91 Å². The van der Waals surface area contributed by atoms with E-state index >= 15 is 0 Å². The monoisotopic (exact) mass is 353 g/mol. The van der Waals surface area contributed by atoms with Gasteiger partial charge in [0.05, 0.1) is 12.6 Å². The first-order valence-electron chi connectivity index (χ1n) is 8.16. The van der Waals surface area contributed by atoms with Gasteiger partial charge in [0.15, 0.2) is 5.76 Å². The number of carbonyl (C=O) groups is 2. The zero-order valence-corrected chi connectivity index (χ0v) is 14.0. The summed E-state index contributed by atoms with van der Waals surface area (Å²) in [7, 11) is 0. The van der Waals surface area contributed by atoms with Crippen molar-refractivity contribution in [3.63, 3.8) is 0 Å². The molecule has 3 N–H and O–H groups in total. The molecule has 0 saturated heterocycles. The predicted molar refractivity (Wildman–Crippen MR) is 97.0 cm³/mol. The predicted octanol–water partition coefficient (Wildman–Crippen LogP) is 2.94. The van der Waals surface area contributed by atoms with Crippen LogP contribution in [0, 0.1) is 0 Å². The molecule has 1 aromatic carbocycles. The smallest absolute Gasteiger partial charge is 0.319 e. The van der Waals surface area contributed by atoms with Crippen molar-refractivity contribution in [3.05, 3.63) is 67.1 Å². The average molecular weight is 353 g/mol. The van der Waals surface area contributed by atoms with E-state index in [4.69, 9.17) is 4.42 Å². The quantitative estimate of drug-likeness (QED) is 0.568. The standard InChI is InChI=1S/C18H19N5O3/c24-17(16-3-1-12-26-16)21-14-4-6-15(7-5-14)22-18(25)20-8-2-10-23-11-9-19-13-23/h1,3-7,9,11-13H,2,8,10H2,(H,21,24)(H2,20,22,25). The van der Waals surface area contributed by atoms with Crippen molar-refractivity contribution in [1.82, 2.24) is 14.9 Å². The summed E-state index contributed by atoms with van der Waals surface area (Å²) in [6.45, 7) is 1.35. The lowest BCUT2D eigenvalue weighted by Gasteiger charge is -2.09. The van der Waals surface area contributed by atoms with Gasteiger partial charge in [-0.2, -0.15) is 0 Å². The minimum Gasteiger partial charge on any atom is -0.459 e. The fourth-order valence-corrected chi connectivity index (χ4v) is 2.30. The van der Waals surface area contributed by atoms with Gasteiger partial charge >= 0.3 is 6.03 Å². The van der Waals surface area contributed by atoms with E-state index in [2.05, 4.69) is 20.9 Å². The van der Waals surface area contributed by atoms with Crippen molar-refractivity contribution >= 4 is 23.3 Å². The maximum atomic E-state index is 11.9. The number of urea groups is 1. The zero-order chi connectivity index (χ0) is 18.2. The molecule has 26 heavy (non-hydrogen) atoms. The fraction of sp³-hybridized carbons (Fsp3) is 0.167. The molecular weight excluding hydrogens is 334 g/mol. The van der Waals surface area contributed by atoms with Crippen LogP contribution in [0.25, 0.3) is 0 Å². The summed E-state index contributed by atoms with van der Waals surface area (Å²) in [5, 5.41) is 8.25. The fourth-order valence-electron chi connectivity index (χ4n) is 2.30. The number of amides is 3. The van der Waals surface area contributed by atoms with Gasteiger partial charge in [0.1, 0.15) is 0 Å². The molecule has 0 aliphatic rings. The normalized spacial score (nSPS) is 10.3. The number of nitrogens with zero attached hydrogens (tertiary/aromatic N) is 2. The lowest BCUT2D eigenvalue weighted by molar-refractivity contribution is 0.0996. The first kappa shape index (κ1) is 17.3. The molecule has 0 spiro atoms. The Balaban J connectivity index is 1.40. The third kappa shape index (κ3) is 4.97. The van der Waals surface area contributed by atoms with Crippen molar-refractivity contribution in [3.8, 4) is 0 Å². The first-order valence-corrected chi connectivity index (χ1v) is 8.16. The molecule has 0 aliphatic heterocycles. The van der Waals surface area contributed by atoms with E-state index in [1.165, 1.54) is 6.26 Å². The number of rotatable bonds is 7. The van der Waals surface area contributed by atoms with Crippen molar-refractivity contribution in [2.45, 2.75) is 13.0 Å². The van der Waals surface area contributed by atoms with Crippen LogP contribution in [0.5, 0.6) is 0 Å². The molecule has 0 radical (unpaired) electrons. The number of aryl methyl sites for hydroxylation is 1. The van der Waals surface area contributed by atoms with Crippen LogP contribution in [-0.2, 0) is 6.54 Å². The van der Waals surface area contributed by atoms with Gasteiger partial charge in [-0.15, -0.1) is 0 Å². The van der Waals surface area contributed by atoms with E-state index in [0.29, 0.717) is 17.9 Å². The van der Waals surface area contributed by atoms with Gasteiger partial charge in [-0.25, -0.2) is 9.78 Å². The Morgan fingerprint density at radius 3 is 2.50 bits per heavy atom. The molecule has 3 rings (SSSR count). The van der Waals surface area contributed by atoms with Crippen LogP contribution >= 0.6 is 0 Å². The lowest BCUT2D eigenvalue weighted by atomic mass is 10.2. The highest BCUT2D eigenvalue weighted by Crippen LogP contribution is 2.14. The van der Waals surface area contributed by atoms with Gasteiger partial charge < -0.3 is 24.9 Å². The molecule has 3 aromatic rings. The second-order valence-corrected chi connectivity index (χ2v) is 5.54. The molecule has 0 unspecified atom stereocenters. The van der Waals surface area contributed by atoms with Crippen LogP contribution in [0.15, 0.2) is 65.8 Å². The number of hydrogen-bond donors (Lipinski definition) is 3. The molecule has 3 amide bonds. The van der Waals surface area contributed by atoms with Gasteiger partial charge in [0.2, 0.25) is 0 Å². The lowest BCUT2D eigenvalue weighted by Crippen LogP contribution is -2.30. The van der Waals surface area contributed by atoms with Gasteiger partial charge in [-0.05, 0) is 42.8 Å². The van der Waals surface area contributed by atoms with Crippen LogP contribution in [-0.4, -0.2) is 28.0 Å². The molecule has 8 heteroatoms. The Morgan fingerprint density at radius 2 is 1.85 bits per heavy atom. The molecule has 0 fully saturated rings. The third-order valence-corrected chi connectivity index (χ3v) is 3.58. The Hall–Kier alpha value is -3.55. The summed E-state index contributed by atoms with van der Waals surface area (Å²) in [5.74, 6) is -0.0892. The van der Waals surface area contributed by atoms with Gasteiger partial charge in [0, 0.05) is 36.9 Å². The number of carbonyl (C=O) groups excluding carboxylic acids is 2. The van der Waals surface area contributed by atoms with Crippen LogP contribution in [0.1, 0.15) is 17.0 Å². The summed E-state index contributed by atoms with van der Waals surface area (Å²) < 4.78 is 6.99. The number of aromatic nitrogens is 2. The molecule has 2 heterocycles. The largest absolute Gasteiger partial charge is 0.459 e. The first-order chi connectivity index (χ1) is 12.7. The summed E-state index contributed by atoms with van der Waals surface area (Å²) in [5.41, 5.74) is 1.24. The van der Waals surface area contributed by atoms with Crippen LogP contribution in [0.2, 0.25) is 0 Å². The van der Waals surface area contributed by atoms with Crippen molar-refractivity contribution in [2.24, 2.45) is 0 Å². The Bertz CT molecular complexity index is 826. The van der Waals surface area contributed by atoms with E-state index in [0.717, 1.165) is 13.0 Å². The van der Waals surface area contributed by atoms with Crippen molar-refractivity contribution in [1.29, 1.82) is 0 Å². The summed E-state index contributed by atoms with van der Waals surface area (Å²) in [6, 6.07) is 9.79. The highest BCUT2D eigenvalue weighted by Gasteiger charge is 2.08. The van der Waals surface area contributed by atoms with Crippen LogP contribution in [0.4, 0.5) is 16.2 Å². The van der Waals surface area contributed by atoms with E-state index < -0.39 is 0 Å². The summed E-state index contributed by atoms with van der Waals surface area (Å²) >= 11 is 0. The number of nitrogens with one attached hydrogen (secondary N) is 3. The number of anilines is 2. The van der Waals surface area contributed by atoms with Crippen molar-refractivity contribution in [2.75, 3.05) is 17.2 Å². The molecule has 0 saturated carbocycles. The van der Waals surface area contributed by atoms with E-state index in [1.807, 2.05) is 10.8 Å². The summed E-state index contributed by atoms with van der Waals surface area (Å²) in [6.07, 6.45) is 7.59.